The molecule has 0 saturated heterocycles. The molecule has 1 aromatic heterocycles. The number of aryl methyl sites for hydroxylation is 2. The van der Waals surface area contributed by atoms with Gasteiger partial charge in [0.1, 0.15) is 5.69 Å². The standard InChI is InChI=1S/C16H18BrN3O4S/c1-10-3-4-11(2)14(7-10)25(23,24)19-6-5-15(21)20-13-8-12(17)9-18-16(13)22/h3-4,7-9,19H,5-6H2,1-2H3,(H,18,22)(H,20,21). The summed E-state index contributed by atoms with van der Waals surface area (Å²) < 4.78 is 27.7. The van der Waals surface area contributed by atoms with Crippen LogP contribution in [0.3, 0.4) is 0 Å². The van der Waals surface area contributed by atoms with Crippen molar-refractivity contribution in [1.82, 2.24) is 9.71 Å². The summed E-state index contributed by atoms with van der Waals surface area (Å²) in [5.41, 5.74) is 1.12. The number of sulfonamides is 1. The fraction of sp³-hybridized carbons (Fsp3) is 0.250. The van der Waals surface area contributed by atoms with Crippen LogP contribution in [0.15, 0.2) is 44.6 Å². The van der Waals surface area contributed by atoms with Crippen LogP contribution in [-0.4, -0.2) is 25.9 Å². The summed E-state index contributed by atoms with van der Waals surface area (Å²) in [5, 5.41) is 2.45. The molecule has 3 N–H and O–H groups in total. The first-order valence-corrected chi connectivity index (χ1v) is 9.71. The van der Waals surface area contributed by atoms with Gasteiger partial charge in [-0.2, -0.15) is 0 Å². The molecule has 0 aliphatic carbocycles. The van der Waals surface area contributed by atoms with Gasteiger partial charge in [0.05, 0.1) is 4.90 Å². The minimum Gasteiger partial charge on any atom is -0.326 e. The maximum atomic E-state index is 12.3. The summed E-state index contributed by atoms with van der Waals surface area (Å²) in [6.07, 6.45) is 1.35. The zero-order valence-corrected chi connectivity index (χ0v) is 16.1. The van der Waals surface area contributed by atoms with Gasteiger partial charge in [-0.1, -0.05) is 12.1 Å². The highest BCUT2D eigenvalue weighted by Crippen LogP contribution is 2.16. The quantitative estimate of drug-likeness (QED) is 0.655. The predicted octanol–water partition coefficient (Wildman–Crippen LogP) is 2.06. The Balaban J connectivity index is 1.97. The van der Waals surface area contributed by atoms with Crippen LogP contribution in [0, 0.1) is 13.8 Å². The first-order chi connectivity index (χ1) is 11.7. The number of halogens is 1. The van der Waals surface area contributed by atoms with Crippen LogP contribution < -0.4 is 15.6 Å². The maximum Gasteiger partial charge on any atom is 0.271 e. The molecule has 0 unspecified atom stereocenters. The van der Waals surface area contributed by atoms with Crippen molar-refractivity contribution in [3.05, 3.63) is 56.4 Å². The van der Waals surface area contributed by atoms with Crippen molar-refractivity contribution in [2.75, 3.05) is 11.9 Å². The molecule has 1 aromatic carbocycles. The largest absolute Gasteiger partial charge is 0.326 e. The lowest BCUT2D eigenvalue weighted by atomic mass is 10.2. The number of pyridine rings is 1. The fourth-order valence-electron chi connectivity index (χ4n) is 2.14. The molecule has 0 aliphatic heterocycles. The molecule has 0 fully saturated rings. The van der Waals surface area contributed by atoms with Gasteiger partial charge in [-0.15, -0.1) is 0 Å². The van der Waals surface area contributed by atoms with Gasteiger partial charge in [0.2, 0.25) is 15.9 Å². The van der Waals surface area contributed by atoms with E-state index in [1.165, 1.54) is 12.3 Å². The third kappa shape index (κ3) is 5.25. The molecular weight excluding hydrogens is 410 g/mol. The van der Waals surface area contributed by atoms with Crippen LogP contribution in [0.1, 0.15) is 17.5 Å². The molecule has 0 spiro atoms. The van der Waals surface area contributed by atoms with E-state index in [-0.39, 0.29) is 23.5 Å². The normalized spacial score (nSPS) is 11.3. The molecule has 1 amide bonds. The monoisotopic (exact) mass is 427 g/mol. The minimum atomic E-state index is -3.70. The Labute approximate surface area is 154 Å². The molecule has 0 bridgehead atoms. The molecule has 0 aliphatic rings. The molecule has 0 radical (unpaired) electrons. The van der Waals surface area contributed by atoms with Gasteiger partial charge in [0.25, 0.3) is 5.56 Å². The van der Waals surface area contributed by atoms with Crippen LogP contribution in [0.25, 0.3) is 0 Å². The number of carbonyl (C=O) groups is 1. The molecule has 2 rings (SSSR count). The molecule has 25 heavy (non-hydrogen) atoms. The Morgan fingerprint density at radius 2 is 1.96 bits per heavy atom. The SMILES string of the molecule is Cc1ccc(C)c(S(=O)(=O)NCCC(=O)Nc2cc(Br)c[nH]c2=O)c1. The number of hydrogen-bond donors (Lipinski definition) is 3. The molecule has 0 atom stereocenters. The van der Waals surface area contributed by atoms with Crippen molar-refractivity contribution >= 4 is 37.5 Å². The van der Waals surface area contributed by atoms with Gasteiger partial charge in [-0.05, 0) is 53.0 Å². The number of aromatic amines is 1. The van der Waals surface area contributed by atoms with Gasteiger partial charge in [0.15, 0.2) is 0 Å². The van der Waals surface area contributed by atoms with Gasteiger partial charge >= 0.3 is 0 Å². The first kappa shape index (κ1) is 19.4. The Morgan fingerprint density at radius 3 is 2.68 bits per heavy atom. The number of amides is 1. The molecular formula is C16H18BrN3O4S. The summed E-state index contributed by atoms with van der Waals surface area (Å²) >= 11 is 3.19. The number of nitrogens with one attached hydrogen (secondary N) is 3. The maximum absolute atomic E-state index is 12.3. The second-order valence-electron chi connectivity index (χ2n) is 5.53. The smallest absolute Gasteiger partial charge is 0.271 e. The molecule has 0 saturated carbocycles. The number of benzene rings is 1. The summed E-state index contributed by atoms with van der Waals surface area (Å²) in [7, 11) is -3.70. The van der Waals surface area contributed by atoms with Crippen molar-refractivity contribution < 1.29 is 13.2 Å². The van der Waals surface area contributed by atoms with E-state index < -0.39 is 21.5 Å². The molecule has 1 heterocycles. The predicted molar refractivity (Wildman–Crippen MR) is 99.1 cm³/mol. The summed E-state index contributed by atoms with van der Waals surface area (Å²) in [6, 6.07) is 6.61. The molecule has 9 heteroatoms. The lowest BCUT2D eigenvalue weighted by Gasteiger charge is -2.10. The van der Waals surface area contributed by atoms with Crippen LogP contribution in [0.4, 0.5) is 5.69 Å². The highest BCUT2D eigenvalue weighted by molar-refractivity contribution is 9.10. The van der Waals surface area contributed by atoms with Gasteiger partial charge in [0, 0.05) is 23.6 Å². The second kappa shape index (κ2) is 7.94. The van der Waals surface area contributed by atoms with Crippen molar-refractivity contribution in [2.45, 2.75) is 25.2 Å². The molecule has 7 nitrogen and oxygen atoms in total. The summed E-state index contributed by atoms with van der Waals surface area (Å²) in [5.74, 6) is -0.465. The number of hydrogen-bond acceptors (Lipinski definition) is 4. The van der Waals surface area contributed by atoms with Crippen LogP contribution in [0.2, 0.25) is 0 Å². The zero-order valence-electron chi connectivity index (χ0n) is 13.7. The summed E-state index contributed by atoms with van der Waals surface area (Å²) in [4.78, 5) is 26.1. The third-order valence-corrected chi connectivity index (χ3v) is 5.48. The number of anilines is 1. The van der Waals surface area contributed by atoms with Crippen molar-refractivity contribution in [3.8, 4) is 0 Å². The van der Waals surface area contributed by atoms with E-state index in [1.807, 2.05) is 6.07 Å². The average molecular weight is 428 g/mol. The minimum absolute atomic E-state index is 0.0759. The Morgan fingerprint density at radius 1 is 1.24 bits per heavy atom. The van der Waals surface area contributed by atoms with Crippen LogP contribution in [0.5, 0.6) is 0 Å². The number of rotatable bonds is 6. The van der Waals surface area contributed by atoms with Gasteiger partial charge in [-0.3, -0.25) is 9.59 Å². The fourth-order valence-corrected chi connectivity index (χ4v) is 3.84. The van der Waals surface area contributed by atoms with Gasteiger partial charge in [-0.25, -0.2) is 13.1 Å². The van der Waals surface area contributed by atoms with E-state index in [9.17, 15) is 18.0 Å². The second-order valence-corrected chi connectivity index (χ2v) is 8.18. The van der Waals surface area contributed by atoms with Crippen LogP contribution in [-0.2, 0) is 14.8 Å². The van der Waals surface area contributed by atoms with E-state index in [0.717, 1.165) is 5.56 Å². The Kier molecular flexibility index (Phi) is 6.15. The highest BCUT2D eigenvalue weighted by Gasteiger charge is 2.17. The molecule has 2 aromatic rings. The van der Waals surface area contributed by atoms with Crippen molar-refractivity contribution in [3.63, 3.8) is 0 Å². The van der Waals surface area contributed by atoms with Crippen molar-refractivity contribution in [1.29, 1.82) is 0 Å². The van der Waals surface area contributed by atoms with Crippen LogP contribution >= 0.6 is 15.9 Å². The first-order valence-electron chi connectivity index (χ1n) is 7.44. The van der Waals surface area contributed by atoms with E-state index in [1.54, 1.807) is 26.0 Å². The van der Waals surface area contributed by atoms with Crippen molar-refractivity contribution in [2.24, 2.45) is 0 Å². The Bertz CT molecular complexity index is 954. The third-order valence-electron chi connectivity index (χ3n) is 3.42. The topological polar surface area (TPSA) is 108 Å². The van der Waals surface area contributed by atoms with E-state index in [0.29, 0.717) is 10.0 Å². The molecule has 134 valence electrons. The van der Waals surface area contributed by atoms with E-state index in [2.05, 4.69) is 31.0 Å². The Hall–Kier alpha value is -1.97. The summed E-state index contributed by atoms with van der Waals surface area (Å²) in [6.45, 7) is 3.44. The highest BCUT2D eigenvalue weighted by atomic mass is 79.9. The number of H-pyrrole nitrogens is 1. The number of aromatic nitrogens is 1. The average Bonchev–Trinajstić information content (AvgIpc) is 2.53. The lowest BCUT2D eigenvalue weighted by Crippen LogP contribution is -2.29. The zero-order chi connectivity index (χ0) is 18.6. The lowest BCUT2D eigenvalue weighted by molar-refractivity contribution is -0.116. The van der Waals surface area contributed by atoms with Gasteiger partial charge < -0.3 is 10.3 Å². The van der Waals surface area contributed by atoms with E-state index in [4.69, 9.17) is 0 Å². The van der Waals surface area contributed by atoms with E-state index >= 15 is 0 Å². The number of carbonyl (C=O) groups excluding carboxylic acids is 1.